The summed E-state index contributed by atoms with van der Waals surface area (Å²) in [6.07, 6.45) is 50.9. The number of phosphoric ester groups is 2. The number of phosphoric acid groups is 2. The normalized spacial score (nSPS) is 14.6. The molecule has 0 aromatic heterocycles. The van der Waals surface area contributed by atoms with E-state index in [1.165, 1.54) is 128 Å². The maximum Gasteiger partial charge on any atom is 0.472 e. The third-order valence-corrected chi connectivity index (χ3v) is 18.1. The molecule has 0 saturated heterocycles. The molecular formula is C71H134O17P2. The Morgan fingerprint density at radius 1 is 0.367 bits per heavy atom. The minimum absolute atomic E-state index is 0.100. The van der Waals surface area contributed by atoms with Crippen molar-refractivity contribution in [2.45, 2.75) is 355 Å². The Kier molecular flexibility index (Phi) is 60.9. The molecule has 3 N–H and O–H groups in total. The summed E-state index contributed by atoms with van der Waals surface area (Å²) in [5, 5.41) is 10.6. The van der Waals surface area contributed by atoms with Crippen LogP contribution in [0, 0.1) is 11.8 Å². The number of hydrogen-bond donors (Lipinski definition) is 3. The van der Waals surface area contributed by atoms with E-state index in [0.29, 0.717) is 25.7 Å². The van der Waals surface area contributed by atoms with Gasteiger partial charge in [-0.3, -0.25) is 37.3 Å². The monoisotopic (exact) mass is 1320 g/mol. The maximum absolute atomic E-state index is 13.0. The molecule has 0 fully saturated rings. The van der Waals surface area contributed by atoms with Crippen LogP contribution in [0.3, 0.4) is 0 Å². The van der Waals surface area contributed by atoms with E-state index in [1.807, 2.05) is 0 Å². The summed E-state index contributed by atoms with van der Waals surface area (Å²) >= 11 is 0. The van der Waals surface area contributed by atoms with Crippen molar-refractivity contribution in [2.24, 2.45) is 11.8 Å². The summed E-state index contributed by atoms with van der Waals surface area (Å²) in [5.41, 5.74) is 0. The van der Waals surface area contributed by atoms with Gasteiger partial charge in [-0.15, -0.1) is 0 Å². The zero-order valence-corrected chi connectivity index (χ0v) is 59.7. The fourth-order valence-corrected chi connectivity index (χ4v) is 11.8. The molecule has 17 nitrogen and oxygen atoms in total. The van der Waals surface area contributed by atoms with Gasteiger partial charge in [0.2, 0.25) is 0 Å². The summed E-state index contributed by atoms with van der Waals surface area (Å²) in [5.74, 6) is -0.647. The van der Waals surface area contributed by atoms with E-state index in [2.05, 4.69) is 65.8 Å². The van der Waals surface area contributed by atoms with E-state index in [-0.39, 0.29) is 25.7 Å². The van der Waals surface area contributed by atoms with Crippen LogP contribution >= 0.6 is 15.6 Å². The molecule has 530 valence electrons. The molecule has 0 radical (unpaired) electrons. The maximum atomic E-state index is 13.0. The number of esters is 4. The third-order valence-electron chi connectivity index (χ3n) is 16.2. The molecule has 0 rings (SSSR count). The molecule has 3 unspecified atom stereocenters. The average Bonchev–Trinajstić information content (AvgIpc) is 3.60. The minimum Gasteiger partial charge on any atom is -0.462 e. The van der Waals surface area contributed by atoms with Gasteiger partial charge in [-0.25, -0.2) is 9.13 Å². The Balaban J connectivity index is 5.25. The molecule has 0 amide bonds. The van der Waals surface area contributed by atoms with E-state index >= 15 is 0 Å². The number of carbonyl (C=O) groups is 4. The highest BCUT2D eigenvalue weighted by atomic mass is 31.2. The number of ether oxygens (including phenoxy) is 4. The van der Waals surface area contributed by atoms with E-state index in [1.54, 1.807) is 0 Å². The molecule has 6 atom stereocenters. The van der Waals surface area contributed by atoms with Crippen LogP contribution in [0.25, 0.3) is 0 Å². The average molecular weight is 1320 g/mol. The summed E-state index contributed by atoms with van der Waals surface area (Å²) in [4.78, 5) is 72.4. The van der Waals surface area contributed by atoms with Crippen LogP contribution < -0.4 is 0 Å². The molecule has 0 heterocycles. The van der Waals surface area contributed by atoms with Gasteiger partial charge in [0.25, 0.3) is 0 Å². The lowest BCUT2D eigenvalue weighted by Crippen LogP contribution is -2.30. The van der Waals surface area contributed by atoms with Crippen LogP contribution in [0.15, 0.2) is 24.3 Å². The molecule has 0 aromatic carbocycles. The minimum atomic E-state index is -4.96. The van der Waals surface area contributed by atoms with Crippen molar-refractivity contribution in [3.8, 4) is 0 Å². The number of carbonyl (C=O) groups excluding carboxylic acids is 4. The van der Waals surface area contributed by atoms with Crippen molar-refractivity contribution in [3.63, 3.8) is 0 Å². The van der Waals surface area contributed by atoms with Gasteiger partial charge < -0.3 is 33.8 Å². The third kappa shape index (κ3) is 63.0. The largest absolute Gasteiger partial charge is 0.472 e. The van der Waals surface area contributed by atoms with E-state index < -0.39 is 97.5 Å². The fraction of sp³-hybridized carbons (Fsp3) is 0.887. The summed E-state index contributed by atoms with van der Waals surface area (Å²) < 4.78 is 68.2. The Morgan fingerprint density at radius 3 is 1.00 bits per heavy atom. The lowest BCUT2D eigenvalue weighted by molar-refractivity contribution is -0.161. The highest BCUT2D eigenvalue weighted by Gasteiger charge is 2.30. The van der Waals surface area contributed by atoms with Crippen molar-refractivity contribution in [3.05, 3.63) is 24.3 Å². The first kappa shape index (κ1) is 87.5. The van der Waals surface area contributed by atoms with Gasteiger partial charge in [-0.2, -0.15) is 0 Å². The van der Waals surface area contributed by atoms with Crippen LogP contribution in [0.5, 0.6) is 0 Å². The fourth-order valence-electron chi connectivity index (χ4n) is 10.2. The molecule has 0 bridgehead atoms. The lowest BCUT2D eigenvalue weighted by Gasteiger charge is -2.21. The number of unbranched alkanes of at least 4 members (excludes halogenated alkanes) is 34. The Morgan fingerprint density at radius 2 is 0.656 bits per heavy atom. The standard InChI is InChI=1S/C71H134O17P2/c1-7-10-12-14-16-18-19-20-21-25-28-31-35-42-48-54-69(74)82-59-66(87-70(75)55-49-43-36-32-29-26-23-22-24-27-30-33-39-45-51-63(4)5)61-85-89(77,78)83-57-65(72)58-84-90(79,80)86-62-67(60-81-68(73)53-47-41-34-17-15-13-11-8-2)88-71(76)56-50-44-38-37-40-46-52-64(6)9-3/h18-21,63-67,72H,7-17,22-62H2,1-6H3,(H,77,78)(H,79,80)/b19-18-,21-20-/t64?,65-,66-,67-/m1/s1. The van der Waals surface area contributed by atoms with Crippen LogP contribution in [0.2, 0.25) is 0 Å². The predicted molar refractivity (Wildman–Crippen MR) is 363 cm³/mol. The quantitative estimate of drug-likeness (QED) is 0.0169. The second-order valence-electron chi connectivity index (χ2n) is 25.7. The van der Waals surface area contributed by atoms with E-state index in [4.69, 9.17) is 37.0 Å². The van der Waals surface area contributed by atoms with Gasteiger partial charge in [-0.05, 0) is 63.2 Å². The van der Waals surface area contributed by atoms with Crippen molar-refractivity contribution in [1.82, 2.24) is 0 Å². The number of aliphatic hydroxyl groups is 1. The topological polar surface area (TPSA) is 237 Å². The molecule has 0 aliphatic rings. The van der Waals surface area contributed by atoms with Crippen molar-refractivity contribution in [1.29, 1.82) is 0 Å². The summed E-state index contributed by atoms with van der Waals surface area (Å²) in [7, 11) is -9.91. The first-order chi connectivity index (χ1) is 43.4. The van der Waals surface area contributed by atoms with Crippen molar-refractivity contribution >= 4 is 39.5 Å². The molecule has 0 aromatic rings. The van der Waals surface area contributed by atoms with Gasteiger partial charge in [0, 0.05) is 25.7 Å². The SMILES string of the molecule is CCCCCC/C=C\C=C/CCCCCCCC(=O)OC[C@H](COP(=O)(O)OC[C@@H](O)COP(=O)(O)OC[C@@H](COC(=O)CCCCCCCCCC)OC(=O)CCCCCCCCC(C)CC)OC(=O)CCCCCCCCCCCCCCCCC(C)C. The zero-order chi connectivity index (χ0) is 66.5. The number of aliphatic hydroxyl groups excluding tert-OH is 1. The molecule has 0 aliphatic carbocycles. The second-order valence-corrected chi connectivity index (χ2v) is 28.6. The van der Waals surface area contributed by atoms with E-state index in [9.17, 15) is 43.2 Å². The second kappa shape index (κ2) is 62.6. The molecule has 19 heteroatoms. The van der Waals surface area contributed by atoms with E-state index in [0.717, 1.165) is 127 Å². The Hall–Kier alpha value is -2.46. The Labute approximate surface area is 548 Å². The van der Waals surface area contributed by atoms with Crippen LogP contribution in [0.4, 0.5) is 0 Å². The van der Waals surface area contributed by atoms with Crippen molar-refractivity contribution < 1.29 is 80.2 Å². The first-order valence-electron chi connectivity index (χ1n) is 36.3. The van der Waals surface area contributed by atoms with Gasteiger partial charge >= 0.3 is 39.5 Å². The predicted octanol–water partition coefficient (Wildman–Crippen LogP) is 19.9. The van der Waals surface area contributed by atoms with Crippen LogP contribution in [0.1, 0.15) is 337 Å². The Bertz CT molecular complexity index is 1850. The molecule has 0 aliphatic heterocycles. The van der Waals surface area contributed by atoms with Crippen LogP contribution in [-0.2, 0) is 65.4 Å². The van der Waals surface area contributed by atoms with Gasteiger partial charge in [0.15, 0.2) is 12.2 Å². The van der Waals surface area contributed by atoms with Gasteiger partial charge in [0.05, 0.1) is 26.4 Å². The number of rotatable bonds is 68. The molecular weight excluding hydrogens is 1190 g/mol. The molecule has 0 saturated carbocycles. The van der Waals surface area contributed by atoms with Crippen LogP contribution in [-0.4, -0.2) is 96.7 Å². The smallest absolute Gasteiger partial charge is 0.462 e. The molecule has 90 heavy (non-hydrogen) atoms. The highest BCUT2D eigenvalue weighted by molar-refractivity contribution is 7.47. The molecule has 0 spiro atoms. The highest BCUT2D eigenvalue weighted by Crippen LogP contribution is 2.45. The van der Waals surface area contributed by atoms with Crippen molar-refractivity contribution in [2.75, 3.05) is 39.6 Å². The first-order valence-corrected chi connectivity index (χ1v) is 39.3. The number of allylic oxidation sites excluding steroid dienone is 4. The summed E-state index contributed by atoms with van der Waals surface area (Å²) in [6.45, 7) is 9.43. The summed E-state index contributed by atoms with van der Waals surface area (Å²) in [6, 6.07) is 0. The zero-order valence-electron chi connectivity index (χ0n) is 57.9. The van der Waals surface area contributed by atoms with Gasteiger partial charge in [-0.1, -0.05) is 284 Å². The van der Waals surface area contributed by atoms with Gasteiger partial charge in [0.1, 0.15) is 19.3 Å². The lowest BCUT2D eigenvalue weighted by atomic mass is 10.00. The number of hydrogen-bond acceptors (Lipinski definition) is 15.